The van der Waals surface area contributed by atoms with Crippen molar-refractivity contribution in [2.75, 3.05) is 39.5 Å². The van der Waals surface area contributed by atoms with Crippen molar-refractivity contribution in [2.45, 2.75) is 6.54 Å². The number of aromatic nitrogens is 1. The van der Waals surface area contributed by atoms with Crippen LogP contribution in [0.5, 0.6) is 5.75 Å². The maximum atomic E-state index is 12.5. The number of aromatic amines is 1. The first-order chi connectivity index (χ1) is 15.7. The molecular formula is C25H27N3O4. The number of ether oxygens (including phenoxy) is 2. The molecule has 32 heavy (non-hydrogen) atoms. The molecular weight excluding hydrogens is 406 g/mol. The van der Waals surface area contributed by atoms with E-state index in [9.17, 15) is 9.59 Å². The van der Waals surface area contributed by atoms with E-state index in [1.807, 2.05) is 54.6 Å². The van der Waals surface area contributed by atoms with Crippen LogP contribution in [-0.2, 0) is 11.3 Å². The Labute approximate surface area is 187 Å². The molecule has 0 unspecified atom stereocenters. The van der Waals surface area contributed by atoms with Crippen LogP contribution in [0.3, 0.4) is 0 Å². The summed E-state index contributed by atoms with van der Waals surface area (Å²) < 4.78 is 11.2. The Balaban J connectivity index is 1.31. The SMILES string of the molecule is O=C(NCc1cccc(OCCN2CCOCC2)c1)c1ccc(-c2ccccc2)[nH]c1=O. The van der Waals surface area contributed by atoms with Gasteiger partial charge in [0.05, 0.1) is 13.2 Å². The van der Waals surface area contributed by atoms with E-state index in [-0.39, 0.29) is 5.56 Å². The van der Waals surface area contributed by atoms with Crippen LogP contribution in [0.1, 0.15) is 15.9 Å². The van der Waals surface area contributed by atoms with Crippen LogP contribution >= 0.6 is 0 Å². The lowest BCUT2D eigenvalue weighted by Gasteiger charge is -2.26. The number of pyridine rings is 1. The molecule has 2 heterocycles. The normalized spacial score (nSPS) is 14.1. The Kier molecular flexibility index (Phi) is 7.32. The molecule has 0 bridgehead atoms. The molecule has 0 radical (unpaired) electrons. The van der Waals surface area contributed by atoms with Crippen molar-refractivity contribution in [2.24, 2.45) is 0 Å². The van der Waals surface area contributed by atoms with Crippen LogP contribution in [0.2, 0.25) is 0 Å². The summed E-state index contributed by atoms with van der Waals surface area (Å²) in [6.45, 7) is 5.16. The number of carbonyl (C=O) groups is 1. The van der Waals surface area contributed by atoms with Gasteiger partial charge in [-0.1, -0.05) is 42.5 Å². The molecule has 1 fully saturated rings. The molecule has 0 spiro atoms. The summed E-state index contributed by atoms with van der Waals surface area (Å²) in [6.07, 6.45) is 0. The summed E-state index contributed by atoms with van der Waals surface area (Å²) in [6, 6.07) is 20.4. The molecule has 166 valence electrons. The highest BCUT2D eigenvalue weighted by Crippen LogP contribution is 2.15. The number of benzene rings is 2. The molecule has 1 aliphatic heterocycles. The smallest absolute Gasteiger partial charge is 0.261 e. The second-order valence-corrected chi connectivity index (χ2v) is 7.61. The van der Waals surface area contributed by atoms with Crippen LogP contribution in [-0.4, -0.2) is 55.2 Å². The zero-order valence-electron chi connectivity index (χ0n) is 17.9. The molecule has 7 nitrogen and oxygen atoms in total. The standard InChI is InChI=1S/C25H27N3O4/c29-24(22-9-10-23(27-25(22)30)20-6-2-1-3-7-20)26-18-19-5-4-8-21(17-19)32-16-13-28-11-14-31-15-12-28/h1-10,17H,11-16,18H2,(H,26,29)(H,27,30). The first-order valence-corrected chi connectivity index (χ1v) is 10.8. The molecule has 1 saturated heterocycles. The lowest BCUT2D eigenvalue weighted by atomic mass is 10.1. The topological polar surface area (TPSA) is 83.7 Å². The lowest BCUT2D eigenvalue weighted by Crippen LogP contribution is -2.38. The molecule has 2 aromatic carbocycles. The van der Waals surface area contributed by atoms with Crippen molar-refractivity contribution in [3.8, 4) is 17.0 Å². The predicted octanol–water partition coefficient (Wildman–Crippen LogP) is 2.68. The van der Waals surface area contributed by atoms with E-state index in [2.05, 4.69) is 15.2 Å². The third-order valence-corrected chi connectivity index (χ3v) is 5.37. The predicted molar refractivity (Wildman–Crippen MR) is 123 cm³/mol. The highest BCUT2D eigenvalue weighted by Gasteiger charge is 2.12. The van der Waals surface area contributed by atoms with Gasteiger partial charge >= 0.3 is 0 Å². The van der Waals surface area contributed by atoms with Gasteiger partial charge in [0.1, 0.15) is 17.9 Å². The minimum atomic E-state index is -0.413. The first-order valence-electron chi connectivity index (χ1n) is 10.8. The van der Waals surface area contributed by atoms with Crippen LogP contribution in [0.25, 0.3) is 11.3 Å². The number of hydrogen-bond acceptors (Lipinski definition) is 5. The molecule has 7 heteroatoms. The second kappa shape index (κ2) is 10.7. The largest absolute Gasteiger partial charge is 0.492 e. The Morgan fingerprint density at radius 1 is 1.03 bits per heavy atom. The first kappa shape index (κ1) is 21.8. The summed E-state index contributed by atoms with van der Waals surface area (Å²) in [7, 11) is 0. The van der Waals surface area contributed by atoms with Crippen molar-refractivity contribution in [1.29, 1.82) is 0 Å². The number of hydrogen-bond donors (Lipinski definition) is 2. The van der Waals surface area contributed by atoms with E-state index in [0.29, 0.717) is 18.8 Å². The third-order valence-electron chi connectivity index (χ3n) is 5.37. The zero-order chi connectivity index (χ0) is 22.2. The van der Waals surface area contributed by atoms with Crippen molar-refractivity contribution in [3.05, 3.63) is 88.2 Å². The Hall–Kier alpha value is -3.42. The number of rotatable bonds is 8. The number of H-pyrrole nitrogens is 1. The minimum Gasteiger partial charge on any atom is -0.492 e. The van der Waals surface area contributed by atoms with Crippen molar-refractivity contribution in [3.63, 3.8) is 0 Å². The van der Waals surface area contributed by atoms with Gasteiger partial charge in [-0.25, -0.2) is 0 Å². The zero-order valence-corrected chi connectivity index (χ0v) is 17.9. The molecule has 1 aliphatic rings. The molecule has 0 saturated carbocycles. The van der Waals surface area contributed by atoms with Gasteiger partial charge in [0, 0.05) is 31.9 Å². The molecule has 0 aliphatic carbocycles. The number of carbonyl (C=O) groups excluding carboxylic acids is 1. The van der Waals surface area contributed by atoms with Gasteiger partial charge in [0.15, 0.2) is 0 Å². The summed E-state index contributed by atoms with van der Waals surface area (Å²) in [5, 5.41) is 2.81. The van der Waals surface area contributed by atoms with Gasteiger partial charge < -0.3 is 19.8 Å². The van der Waals surface area contributed by atoms with Crippen molar-refractivity contribution >= 4 is 5.91 Å². The minimum absolute atomic E-state index is 0.0857. The summed E-state index contributed by atoms with van der Waals surface area (Å²) in [5.74, 6) is 0.347. The monoisotopic (exact) mass is 433 g/mol. The van der Waals surface area contributed by atoms with Gasteiger partial charge in [-0.15, -0.1) is 0 Å². The van der Waals surface area contributed by atoms with Crippen LogP contribution < -0.4 is 15.6 Å². The second-order valence-electron chi connectivity index (χ2n) is 7.61. The Morgan fingerprint density at radius 2 is 1.84 bits per heavy atom. The summed E-state index contributed by atoms with van der Waals surface area (Å²) in [4.78, 5) is 30.1. The fourth-order valence-corrected chi connectivity index (χ4v) is 3.58. The summed E-state index contributed by atoms with van der Waals surface area (Å²) >= 11 is 0. The van der Waals surface area contributed by atoms with Crippen molar-refractivity contribution in [1.82, 2.24) is 15.2 Å². The van der Waals surface area contributed by atoms with E-state index >= 15 is 0 Å². The fourth-order valence-electron chi connectivity index (χ4n) is 3.58. The van der Waals surface area contributed by atoms with E-state index in [4.69, 9.17) is 9.47 Å². The Morgan fingerprint density at radius 3 is 2.62 bits per heavy atom. The Bertz CT molecular complexity index is 1090. The van der Waals surface area contributed by atoms with E-state index < -0.39 is 11.5 Å². The van der Waals surface area contributed by atoms with Crippen LogP contribution in [0, 0.1) is 0 Å². The quantitative estimate of drug-likeness (QED) is 0.571. The van der Waals surface area contributed by atoms with Gasteiger partial charge in [-0.3, -0.25) is 14.5 Å². The van der Waals surface area contributed by atoms with E-state index in [1.54, 1.807) is 12.1 Å². The molecule has 1 amide bonds. The molecule has 3 aromatic rings. The van der Waals surface area contributed by atoms with Crippen LogP contribution in [0.15, 0.2) is 71.5 Å². The third kappa shape index (κ3) is 5.84. The van der Waals surface area contributed by atoms with Crippen LogP contribution in [0.4, 0.5) is 0 Å². The average Bonchev–Trinajstić information content (AvgIpc) is 2.84. The van der Waals surface area contributed by atoms with Gasteiger partial charge in [-0.05, 0) is 35.4 Å². The molecule has 0 atom stereocenters. The maximum Gasteiger partial charge on any atom is 0.261 e. The highest BCUT2D eigenvalue weighted by atomic mass is 16.5. The average molecular weight is 434 g/mol. The van der Waals surface area contributed by atoms with Gasteiger partial charge in [-0.2, -0.15) is 0 Å². The number of morpholine rings is 1. The highest BCUT2D eigenvalue weighted by molar-refractivity contribution is 5.94. The van der Waals surface area contributed by atoms with Gasteiger partial charge in [0.25, 0.3) is 11.5 Å². The molecule has 2 N–H and O–H groups in total. The lowest BCUT2D eigenvalue weighted by molar-refractivity contribution is 0.0322. The molecule has 1 aromatic heterocycles. The fraction of sp³-hybridized carbons (Fsp3) is 0.280. The molecule has 4 rings (SSSR count). The number of nitrogens with zero attached hydrogens (tertiary/aromatic N) is 1. The maximum absolute atomic E-state index is 12.5. The van der Waals surface area contributed by atoms with E-state index in [0.717, 1.165) is 49.7 Å². The summed E-state index contributed by atoms with van der Waals surface area (Å²) in [5.41, 5.74) is 2.14. The number of nitrogens with one attached hydrogen (secondary N) is 2. The van der Waals surface area contributed by atoms with E-state index in [1.165, 1.54) is 0 Å². The number of amides is 1. The van der Waals surface area contributed by atoms with Crippen molar-refractivity contribution < 1.29 is 14.3 Å². The van der Waals surface area contributed by atoms with Gasteiger partial charge in [0.2, 0.25) is 0 Å².